The Morgan fingerprint density at radius 3 is 2.64 bits per heavy atom. The molecule has 0 spiro atoms. The second-order valence-electron chi connectivity index (χ2n) is 3.91. The van der Waals surface area contributed by atoms with Crippen LogP contribution in [0.15, 0.2) is 0 Å². The molecule has 0 aromatic heterocycles. The summed E-state index contributed by atoms with van der Waals surface area (Å²) in [6, 6.07) is 0. The Balaban J connectivity index is 1.92. The summed E-state index contributed by atoms with van der Waals surface area (Å²) >= 11 is 0. The van der Waals surface area contributed by atoms with E-state index in [1.807, 2.05) is 6.92 Å². The van der Waals surface area contributed by atoms with Crippen molar-refractivity contribution in [2.75, 3.05) is 59.9 Å². The van der Waals surface area contributed by atoms with Gasteiger partial charge in [0.1, 0.15) is 19.7 Å². The van der Waals surface area contributed by atoms with Crippen LogP contribution in [0.3, 0.4) is 0 Å². The van der Waals surface area contributed by atoms with Gasteiger partial charge in [0, 0.05) is 6.61 Å². The maximum atomic E-state index is 5.47. The van der Waals surface area contributed by atoms with Crippen LogP contribution in [0.4, 0.5) is 0 Å². The average Bonchev–Trinajstić information content (AvgIpc) is 2.59. The molecule has 1 atom stereocenters. The van der Waals surface area contributed by atoms with Gasteiger partial charge in [-0.15, -0.1) is 0 Å². The van der Waals surface area contributed by atoms with E-state index in [0.29, 0.717) is 13.2 Å². The fourth-order valence-corrected chi connectivity index (χ4v) is 1.46. The molecule has 0 saturated carbocycles. The number of rotatable bonds is 7. The zero-order valence-corrected chi connectivity index (χ0v) is 9.33. The van der Waals surface area contributed by atoms with Crippen molar-refractivity contribution in [3.05, 3.63) is 0 Å². The van der Waals surface area contributed by atoms with Gasteiger partial charge in [-0.2, -0.15) is 0 Å². The zero-order chi connectivity index (χ0) is 10.3. The van der Waals surface area contributed by atoms with Gasteiger partial charge in [-0.1, -0.05) is 0 Å². The lowest BCUT2D eigenvalue weighted by molar-refractivity contribution is -0.906. The average molecular weight is 204 g/mol. The molecule has 1 aliphatic heterocycles. The van der Waals surface area contributed by atoms with Gasteiger partial charge in [0.2, 0.25) is 0 Å². The molecule has 0 bridgehead atoms. The maximum absolute atomic E-state index is 5.47. The van der Waals surface area contributed by atoms with Crippen molar-refractivity contribution in [2.24, 2.45) is 0 Å². The van der Waals surface area contributed by atoms with Crippen molar-refractivity contribution < 1.29 is 18.7 Å². The summed E-state index contributed by atoms with van der Waals surface area (Å²) in [4.78, 5) is 0. The van der Waals surface area contributed by atoms with Crippen molar-refractivity contribution in [1.82, 2.24) is 0 Å². The summed E-state index contributed by atoms with van der Waals surface area (Å²) in [5.41, 5.74) is 0. The van der Waals surface area contributed by atoms with E-state index in [1.54, 1.807) is 0 Å². The first-order valence-electron chi connectivity index (χ1n) is 5.34. The van der Waals surface area contributed by atoms with Crippen molar-refractivity contribution in [3.8, 4) is 0 Å². The number of nitrogens with zero attached hydrogens (tertiary/aromatic N) is 1. The minimum atomic E-state index is 0.703. The zero-order valence-electron chi connectivity index (χ0n) is 9.33. The van der Waals surface area contributed by atoms with E-state index in [2.05, 4.69) is 7.05 Å². The summed E-state index contributed by atoms with van der Waals surface area (Å²) < 4.78 is 17.0. The minimum absolute atomic E-state index is 0.703. The first-order chi connectivity index (χ1) is 6.77. The predicted octanol–water partition coefficient (Wildman–Crippen LogP) is 0.474. The Morgan fingerprint density at radius 1 is 1.21 bits per heavy atom. The first-order valence-corrected chi connectivity index (χ1v) is 5.34. The summed E-state index contributed by atoms with van der Waals surface area (Å²) in [5.74, 6) is 0. The molecule has 1 rings (SSSR count). The van der Waals surface area contributed by atoms with Crippen LogP contribution in [-0.2, 0) is 14.2 Å². The first kappa shape index (κ1) is 11.9. The SMILES string of the molecule is CCOCCOCC[N+]1(C)CCOC1. The van der Waals surface area contributed by atoms with Gasteiger partial charge in [-0.05, 0) is 6.92 Å². The normalized spacial score (nSPS) is 27.0. The van der Waals surface area contributed by atoms with Crippen LogP contribution in [-0.4, -0.2) is 64.4 Å². The highest BCUT2D eigenvalue weighted by Crippen LogP contribution is 2.08. The molecule has 0 aliphatic carbocycles. The number of hydrogen-bond acceptors (Lipinski definition) is 3. The lowest BCUT2D eigenvalue weighted by atomic mass is 10.4. The molecule has 0 amide bonds. The van der Waals surface area contributed by atoms with Crippen LogP contribution in [0.1, 0.15) is 6.92 Å². The molecular formula is C10H22NO3+. The molecule has 1 fully saturated rings. The Hall–Kier alpha value is -0.160. The molecule has 0 aromatic rings. The highest BCUT2D eigenvalue weighted by molar-refractivity contribution is 4.42. The Bertz CT molecular complexity index is 146. The minimum Gasteiger partial charge on any atom is -0.379 e. The smallest absolute Gasteiger partial charge is 0.183 e. The molecule has 0 aromatic carbocycles. The van der Waals surface area contributed by atoms with Crippen LogP contribution < -0.4 is 0 Å². The highest BCUT2D eigenvalue weighted by atomic mass is 16.5. The Labute approximate surface area is 86.3 Å². The predicted molar refractivity (Wildman–Crippen MR) is 54.0 cm³/mol. The van der Waals surface area contributed by atoms with Crippen molar-refractivity contribution >= 4 is 0 Å². The summed E-state index contributed by atoms with van der Waals surface area (Å²) in [5, 5.41) is 0. The number of likely N-dealkylation sites (N-methyl/N-ethyl adjacent to an activating group) is 1. The van der Waals surface area contributed by atoms with E-state index in [-0.39, 0.29) is 0 Å². The fourth-order valence-electron chi connectivity index (χ4n) is 1.46. The molecule has 84 valence electrons. The molecule has 1 aliphatic rings. The van der Waals surface area contributed by atoms with E-state index < -0.39 is 0 Å². The molecule has 0 radical (unpaired) electrons. The third kappa shape index (κ3) is 4.37. The topological polar surface area (TPSA) is 27.7 Å². The largest absolute Gasteiger partial charge is 0.379 e. The van der Waals surface area contributed by atoms with Crippen LogP contribution in [0.5, 0.6) is 0 Å². The standard InChI is InChI=1S/C10H22NO3/c1-3-12-8-9-13-6-4-11(2)5-7-14-10-11/h3-10H2,1-2H3/q+1. The molecule has 4 heteroatoms. The summed E-state index contributed by atoms with van der Waals surface area (Å²) in [7, 11) is 2.21. The van der Waals surface area contributed by atoms with E-state index in [9.17, 15) is 0 Å². The Kier molecular flexibility index (Phi) is 5.40. The number of ether oxygens (including phenoxy) is 3. The van der Waals surface area contributed by atoms with Crippen molar-refractivity contribution in [3.63, 3.8) is 0 Å². The van der Waals surface area contributed by atoms with Crippen molar-refractivity contribution in [2.45, 2.75) is 6.92 Å². The van der Waals surface area contributed by atoms with Gasteiger partial charge in [0.25, 0.3) is 0 Å². The van der Waals surface area contributed by atoms with Gasteiger partial charge >= 0.3 is 0 Å². The molecule has 0 N–H and O–H groups in total. The molecule has 1 unspecified atom stereocenters. The van der Waals surface area contributed by atoms with E-state index >= 15 is 0 Å². The summed E-state index contributed by atoms with van der Waals surface area (Å²) in [6.07, 6.45) is 0. The van der Waals surface area contributed by atoms with Crippen LogP contribution in [0.2, 0.25) is 0 Å². The van der Waals surface area contributed by atoms with Crippen molar-refractivity contribution in [1.29, 1.82) is 0 Å². The van der Waals surface area contributed by atoms with Gasteiger partial charge in [0.15, 0.2) is 6.73 Å². The van der Waals surface area contributed by atoms with E-state index in [1.165, 1.54) is 0 Å². The Morgan fingerprint density at radius 2 is 2.00 bits per heavy atom. The van der Waals surface area contributed by atoms with Gasteiger partial charge in [-0.25, -0.2) is 0 Å². The molecule has 14 heavy (non-hydrogen) atoms. The lowest BCUT2D eigenvalue weighted by Gasteiger charge is -2.26. The van der Waals surface area contributed by atoms with Crippen LogP contribution in [0.25, 0.3) is 0 Å². The third-order valence-corrected chi connectivity index (χ3v) is 2.53. The third-order valence-electron chi connectivity index (χ3n) is 2.53. The van der Waals surface area contributed by atoms with Crippen LogP contribution >= 0.6 is 0 Å². The molecular weight excluding hydrogens is 182 g/mol. The lowest BCUT2D eigenvalue weighted by Crippen LogP contribution is -2.44. The summed E-state index contributed by atoms with van der Waals surface area (Å²) in [6.45, 7) is 8.82. The molecule has 1 heterocycles. The van der Waals surface area contributed by atoms with Crippen LogP contribution in [0, 0.1) is 0 Å². The maximum Gasteiger partial charge on any atom is 0.183 e. The monoisotopic (exact) mass is 204 g/mol. The van der Waals surface area contributed by atoms with E-state index in [0.717, 1.165) is 44.1 Å². The number of quaternary nitrogens is 1. The number of hydrogen-bond donors (Lipinski definition) is 0. The van der Waals surface area contributed by atoms with E-state index in [4.69, 9.17) is 14.2 Å². The molecule has 1 saturated heterocycles. The fraction of sp³-hybridized carbons (Fsp3) is 1.00. The van der Waals surface area contributed by atoms with Gasteiger partial charge in [0.05, 0.1) is 26.9 Å². The quantitative estimate of drug-likeness (QED) is 0.446. The second-order valence-corrected chi connectivity index (χ2v) is 3.91. The van der Waals surface area contributed by atoms with Gasteiger partial charge in [-0.3, -0.25) is 4.48 Å². The highest BCUT2D eigenvalue weighted by Gasteiger charge is 2.26. The molecule has 4 nitrogen and oxygen atoms in total. The van der Waals surface area contributed by atoms with Gasteiger partial charge < -0.3 is 14.2 Å². The second kappa shape index (κ2) is 6.35.